The van der Waals surface area contributed by atoms with Crippen LogP contribution in [-0.4, -0.2) is 15.0 Å². The third kappa shape index (κ3) is 2.13. The molecule has 4 rings (SSSR count). The highest BCUT2D eigenvalue weighted by atomic mass is 15.0. The van der Waals surface area contributed by atoms with Gasteiger partial charge in [0.25, 0.3) is 0 Å². The van der Waals surface area contributed by atoms with Crippen molar-refractivity contribution >= 4 is 5.95 Å². The van der Waals surface area contributed by atoms with E-state index < -0.39 is 0 Å². The first-order valence-corrected chi connectivity index (χ1v) is 7.48. The van der Waals surface area contributed by atoms with Crippen molar-refractivity contribution in [2.24, 2.45) is 0 Å². The second-order valence-corrected chi connectivity index (χ2v) is 5.51. The van der Waals surface area contributed by atoms with E-state index >= 15 is 0 Å². The third-order valence-electron chi connectivity index (χ3n) is 4.10. The number of nitrogens with two attached hydrogens (primary N) is 1. The lowest BCUT2D eigenvalue weighted by atomic mass is 9.99. The number of nitrogen functional groups attached to an aromatic ring is 1. The lowest BCUT2D eigenvalue weighted by Gasteiger charge is -2.13. The molecule has 4 heteroatoms. The minimum Gasteiger partial charge on any atom is -0.368 e. The van der Waals surface area contributed by atoms with E-state index in [-0.39, 0.29) is 0 Å². The molecule has 108 valence electrons. The van der Waals surface area contributed by atoms with Crippen LogP contribution < -0.4 is 5.73 Å². The van der Waals surface area contributed by atoms with Crippen molar-refractivity contribution in [3.8, 4) is 22.5 Å². The Hall–Kier alpha value is -2.75. The van der Waals surface area contributed by atoms with Crippen LogP contribution in [-0.2, 0) is 12.8 Å². The summed E-state index contributed by atoms with van der Waals surface area (Å²) in [6.45, 7) is 0. The zero-order chi connectivity index (χ0) is 14.9. The Bertz CT molecular complexity index is 828. The molecule has 0 atom stereocenters. The monoisotopic (exact) mass is 288 g/mol. The molecule has 0 amide bonds. The van der Waals surface area contributed by atoms with Crippen LogP contribution in [0.25, 0.3) is 22.5 Å². The van der Waals surface area contributed by atoms with Gasteiger partial charge in [0.05, 0.1) is 11.4 Å². The fraction of sp³-hybridized carbons (Fsp3) is 0.167. The summed E-state index contributed by atoms with van der Waals surface area (Å²) in [5.41, 5.74) is 12.5. The maximum absolute atomic E-state index is 5.99. The Morgan fingerprint density at radius 2 is 1.77 bits per heavy atom. The largest absolute Gasteiger partial charge is 0.368 e. The van der Waals surface area contributed by atoms with E-state index in [9.17, 15) is 0 Å². The maximum atomic E-state index is 5.99. The summed E-state index contributed by atoms with van der Waals surface area (Å²) in [5.74, 6) is 0.314. The van der Waals surface area contributed by atoms with Gasteiger partial charge in [-0.05, 0) is 37.0 Å². The highest BCUT2D eigenvalue weighted by molar-refractivity contribution is 5.76. The maximum Gasteiger partial charge on any atom is 0.221 e. The average Bonchev–Trinajstić information content (AvgIpc) is 2.75. The molecular weight excluding hydrogens is 272 g/mol. The van der Waals surface area contributed by atoms with E-state index in [1.54, 1.807) is 6.20 Å². The molecule has 3 aromatic rings. The number of hydrogen-bond acceptors (Lipinski definition) is 4. The average molecular weight is 288 g/mol. The molecule has 22 heavy (non-hydrogen) atoms. The molecule has 0 spiro atoms. The number of benzene rings is 1. The lowest BCUT2D eigenvalue weighted by molar-refractivity contribution is 0.831. The van der Waals surface area contributed by atoms with Crippen LogP contribution in [0.4, 0.5) is 5.95 Å². The summed E-state index contributed by atoms with van der Waals surface area (Å²) >= 11 is 0. The van der Waals surface area contributed by atoms with Crippen molar-refractivity contribution < 1.29 is 0 Å². The SMILES string of the molecule is Nc1nc(-c2cccnc2)c2c(n1)-c1ccccc1CCC2. The van der Waals surface area contributed by atoms with Gasteiger partial charge >= 0.3 is 0 Å². The van der Waals surface area contributed by atoms with Crippen molar-refractivity contribution in [1.82, 2.24) is 15.0 Å². The molecule has 1 aliphatic carbocycles. The van der Waals surface area contributed by atoms with Gasteiger partial charge in [0.2, 0.25) is 5.95 Å². The fourth-order valence-electron chi connectivity index (χ4n) is 3.13. The summed E-state index contributed by atoms with van der Waals surface area (Å²) < 4.78 is 0. The quantitative estimate of drug-likeness (QED) is 0.746. The fourth-order valence-corrected chi connectivity index (χ4v) is 3.13. The van der Waals surface area contributed by atoms with Crippen molar-refractivity contribution in [2.45, 2.75) is 19.3 Å². The molecule has 0 aliphatic heterocycles. The molecule has 2 heterocycles. The van der Waals surface area contributed by atoms with Gasteiger partial charge in [0, 0.05) is 29.1 Å². The van der Waals surface area contributed by atoms with Crippen LogP contribution in [0.1, 0.15) is 17.5 Å². The number of aryl methyl sites for hydroxylation is 1. The molecule has 4 nitrogen and oxygen atoms in total. The molecule has 0 radical (unpaired) electrons. The molecule has 0 saturated carbocycles. The van der Waals surface area contributed by atoms with E-state index in [0.29, 0.717) is 5.95 Å². The van der Waals surface area contributed by atoms with Gasteiger partial charge in [-0.3, -0.25) is 4.98 Å². The van der Waals surface area contributed by atoms with Gasteiger partial charge in [0.15, 0.2) is 0 Å². The van der Waals surface area contributed by atoms with Crippen LogP contribution in [0.3, 0.4) is 0 Å². The topological polar surface area (TPSA) is 64.7 Å². The molecule has 0 bridgehead atoms. The number of pyridine rings is 1. The minimum atomic E-state index is 0.314. The number of fused-ring (bicyclic) bond motifs is 3. The van der Waals surface area contributed by atoms with Crippen molar-refractivity contribution in [1.29, 1.82) is 0 Å². The van der Waals surface area contributed by atoms with Crippen molar-refractivity contribution in [2.75, 3.05) is 5.73 Å². The second kappa shape index (κ2) is 5.22. The second-order valence-electron chi connectivity index (χ2n) is 5.51. The molecule has 0 saturated heterocycles. The van der Waals surface area contributed by atoms with Gasteiger partial charge in [-0.25, -0.2) is 9.97 Å². The van der Waals surface area contributed by atoms with Crippen LogP contribution in [0.2, 0.25) is 0 Å². The summed E-state index contributed by atoms with van der Waals surface area (Å²) in [5, 5.41) is 0. The smallest absolute Gasteiger partial charge is 0.221 e. The molecule has 0 unspecified atom stereocenters. The van der Waals surface area contributed by atoms with Gasteiger partial charge in [0.1, 0.15) is 0 Å². The van der Waals surface area contributed by atoms with Crippen molar-refractivity contribution in [3.63, 3.8) is 0 Å². The van der Waals surface area contributed by atoms with Crippen LogP contribution >= 0.6 is 0 Å². The van der Waals surface area contributed by atoms with E-state index in [0.717, 1.165) is 36.2 Å². The summed E-state index contributed by atoms with van der Waals surface area (Å²) in [4.78, 5) is 13.3. The zero-order valence-electron chi connectivity index (χ0n) is 12.2. The predicted octanol–water partition coefficient (Wildman–Crippen LogP) is 3.28. The van der Waals surface area contributed by atoms with Crippen LogP contribution in [0.5, 0.6) is 0 Å². The number of anilines is 1. The molecule has 0 fully saturated rings. The first kappa shape index (κ1) is 13.0. The summed E-state index contributed by atoms with van der Waals surface area (Å²) in [6, 6.07) is 12.4. The van der Waals surface area contributed by atoms with Gasteiger partial charge in [-0.1, -0.05) is 24.3 Å². The Kier molecular flexibility index (Phi) is 3.07. The first-order chi connectivity index (χ1) is 10.8. The standard InChI is InChI=1S/C18H16N4/c19-18-21-16(13-7-4-10-20-11-13)15-9-3-6-12-5-1-2-8-14(12)17(15)22-18/h1-2,4-5,7-8,10-11H,3,6,9H2,(H2,19,21,22). The summed E-state index contributed by atoms with van der Waals surface area (Å²) in [6.07, 6.45) is 6.69. The van der Waals surface area contributed by atoms with E-state index in [1.807, 2.05) is 18.3 Å². The molecule has 1 aromatic carbocycles. The lowest BCUT2D eigenvalue weighted by Crippen LogP contribution is -2.04. The Balaban J connectivity index is 2.01. The van der Waals surface area contributed by atoms with E-state index in [1.165, 1.54) is 16.7 Å². The predicted molar refractivity (Wildman–Crippen MR) is 87.1 cm³/mol. The Morgan fingerprint density at radius 1 is 0.909 bits per heavy atom. The number of aromatic nitrogens is 3. The summed E-state index contributed by atoms with van der Waals surface area (Å²) in [7, 11) is 0. The van der Waals surface area contributed by atoms with Crippen LogP contribution in [0.15, 0.2) is 48.8 Å². The number of rotatable bonds is 1. The van der Waals surface area contributed by atoms with E-state index in [2.05, 4.69) is 39.2 Å². The minimum absolute atomic E-state index is 0.314. The van der Waals surface area contributed by atoms with E-state index in [4.69, 9.17) is 5.73 Å². The third-order valence-corrected chi connectivity index (χ3v) is 4.10. The number of nitrogens with zero attached hydrogens (tertiary/aromatic N) is 3. The normalized spacial score (nSPS) is 13.1. The first-order valence-electron chi connectivity index (χ1n) is 7.48. The Labute approximate surface area is 129 Å². The molecule has 2 aromatic heterocycles. The van der Waals surface area contributed by atoms with Crippen molar-refractivity contribution in [3.05, 3.63) is 59.9 Å². The van der Waals surface area contributed by atoms with Gasteiger partial charge in [-0.2, -0.15) is 0 Å². The number of hydrogen-bond donors (Lipinski definition) is 1. The van der Waals surface area contributed by atoms with Crippen LogP contribution in [0, 0.1) is 0 Å². The van der Waals surface area contributed by atoms with Gasteiger partial charge < -0.3 is 5.73 Å². The highest BCUT2D eigenvalue weighted by Crippen LogP contribution is 2.35. The highest BCUT2D eigenvalue weighted by Gasteiger charge is 2.20. The van der Waals surface area contributed by atoms with Gasteiger partial charge in [-0.15, -0.1) is 0 Å². The molecule has 1 aliphatic rings. The Morgan fingerprint density at radius 3 is 2.64 bits per heavy atom. The molecular formula is C18H16N4. The zero-order valence-corrected chi connectivity index (χ0v) is 12.2. The molecule has 2 N–H and O–H groups in total.